The summed E-state index contributed by atoms with van der Waals surface area (Å²) in [7, 11) is 0. The van der Waals surface area contributed by atoms with Crippen molar-refractivity contribution in [3.63, 3.8) is 0 Å². The summed E-state index contributed by atoms with van der Waals surface area (Å²) in [5.41, 5.74) is -0.152. The average molecular weight is 347 g/mol. The number of halogens is 2. The Hall–Kier alpha value is -1.30. The molecule has 4 nitrogen and oxygen atoms in total. The van der Waals surface area contributed by atoms with Crippen molar-refractivity contribution < 1.29 is 13.9 Å². The van der Waals surface area contributed by atoms with Crippen LogP contribution in [0.25, 0.3) is 0 Å². The molecule has 0 aromatic heterocycles. The van der Waals surface area contributed by atoms with E-state index in [4.69, 9.17) is 4.74 Å². The second-order valence-corrected chi connectivity index (χ2v) is 6.38. The Morgan fingerprint density at radius 2 is 2.10 bits per heavy atom. The Bertz CT molecular complexity index is 454. The van der Waals surface area contributed by atoms with Crippen molar-refractivity contribution >= 4 is 27.7 Å². The Morgan fingerprint density at radius 1 is 1.45 bits per heavy atom. The smallest absolute Gasteiger partial charge is 0.407 e. The number of nitrogens with one attached hydrogen (secondary N) is 2. The number of para-hydroxylation sites is 1. The first-order valence-electron chi connectivity index (χ1n) is 6.36. The van der Waals surface area contributed by atoms with Crippen LogP contribution in [-0.2, 0) is 4.74 Å². The molecular formula is C14H20BrFN2O2. The number of benzene rings is 1. The molecule has 6 heteroatoms. The Morgan fingerprint density at radius 3 is 2.65 bits per heavy atom. The van der Waals surface area contributed by atoms with Gasteiger partial charge in [-0.3, -0.25) is 0 Å². The third kappa shape index (κ3) is 5.77. The number of rotatable bonds is 4. The molecule has 0 saturated carbocycles. The third-order valence-electron chi connectivity index (χ3n) is 2.30. The van der Waals surface area contributed by atoms with E-state index in [1.807, 2.05) is 6.92 Å². The molecule has 0 saturated heterocycles. The van der Waals surface area contributed by atoms with Crippen LogP contribution >= 0.6 is 15.9 Å². The highest BCUT2D eigenvalue weighted by atomic mass is 79.9. The molecule has 1 atom stereocenters. The second kappa shape index (κ2) is 6.92. The first-order chi connectivity index (χ1) is 9.19. The molecule has 0 bridgehead atoms. The zero-order valence-corrected chi connectivity index (χ0v) is 13.7. The lowest BCUT2D eigenvalue weighted by Gasteiger charge is -2.21. The van der Waals surface area contributed by atoms with Gasteiger partial charge in [-0.05, 0) is 55.8 Å². The zero-order chi connectivity index (χ0) is 15.3. The molecule has 0 heterocycles. The molecule has 0 aliphatic heterocycles. The number of hydrogen-bond donors (Lipinski definition) is 2. The van der Waals surface area contributed by atoms with E-state index in [2.05, 4.69) is 26.6 Å². The summed E-state index contributed by atoms with van der Waals surface area (Å²) < 4.78 is 19.4. The van der Waals surface area contributed by atoms with Gasteiger partial charge < -0.3 is 15.4 Å². The molecule has 20 heavy (non-hydrogen) atoms. The normalized spacial score (nSPS) is 12.7. The van der Waals surface area contributed by atoms with Gasteiger partial charge in [0.1, 0.15) is 11.4 Å². The van der Waals surface area contributed by atoms with E-state index >= 15 is 0 Å². The van der Waals surface area contributed by atoms with Crippen molar-refractivity contribution in [2.24, 2.45) is 0 Å². The van der Waals surface area contributed by atoms with Crippen LogP contribution in [0.15, 0.2) is 22.7 Å². The minimum atomic E-state index is -0.532. The van der Waals surface area contributed by atoms with Gasteiger partial charge >= 0.3 is 6.09 Å². The summed E-state index contributed by atoms with van der Waals surface area (Å²) in [4.78, 5) is 11.5. The van der Waals surface area contributed by atoms with Crippen molar-refractivity contribution in [3.8, 4) is 0 Å². The van der Waals surface area contributed by atoms with Gasteiger partial charge in [-0.2, -0.15) is 0 Å². The van der Waals surface area contributed by atoms with E-state index in [0.717, 1.165) is 0 Å². The Kier molecular flexibility index (Phi) is 5.80. The summed E-state index contributed by atoms with van der Waals surface area (Å²) in [6.45, 7) is 7.56. The summed E-state index contributed by atoms with van der Waals surface area (Å²) in [6.07, 6.45) is -0.487. The second-order valence-electron chi connectivity index (χ2n) is 5.52. The maximum Gasteiger partial charge on any atom is 0.407 e. The predicted octanol–water partition coefficient (Wildman–Crippen LogP) is 3.91. The zero-order valence-electron chi connectivity index (χ0n) is 12.1. The van der Waals surface area contributed by atoms with E-state index in [1.165, 1.54) is 6.07 Å². The predicted molar refractivity (Wildman–Crippen MR) is 81.4 cm³/mol. The van der Waals surface area contributed by atoms with Crippen LogP contribution in [-0.4, -0.2) is 24.3 Å². The maximum absolute atomic E-state index is 13.6. The van der Waals surface area contributed by atoms with Crippen molar-refractivity contribution in [2.75, 3.05) is 11.9 Å². The van der Waals surface area contributed by atoms with Crippen LogP contribution in [0.5, 0.6) is 0 Å². The highest BCUT2D eigenvalue weighted by molar-refractivity contribution is 9.10. The lowest BCUT2D eigenvalue weighted by Crippen LogP contribution is -2.38. The van der Waals surface area contributed by atoms with E-state index in [0.29, 0.717) is 16.7 Å². The van der Waals surface area contributed by atoms with Crippen LogP contribution in [0.2, 0.25) is 0 Å². The molecule has 0 radical (unpaired) electrons. The minimum absolute atomic E-state index is 0.143. The largest absolute Gasteiger partial charge is 0.444 e. The van der Waals surface area contributed by atoms with Crippen molar-refractivity contribution in [2.45, 2.75) is 39.3 Å². The average Bonchev–Trinajstić information content (AvgIpc) is 2.29. The van der Waals surface area contributed by atoms with Crippen molar-refractivity contribution in [1.82, 2.24) is 5.32 Å². The molecule has 0 aliphatic rings. The van der Waals surface area contributed by atoms with Crippen LogP contribution in [0, 0.1) is 5.82 Å². The number of carbonyl (C=O) groups excluding carboxylic acids is 1. The van der Waals surface area contributed by atoms with Crippen molar-refractivity contribution in [3.05, 3.63) is 28.5 Å². The molecule has 0 fully saturated rings. The van der Waals surface area contributed by atoms with E-state index in [1.54, 1.807) is 32.9 Å². The quantitative estimate of drug-likeness (QED) is 0.868. The number of amides is 1. The fourth-order valence-electron chi connectivity index (χ4n) is 1.48. The lowest BCUT2D eigenvalue weighted by molar-refractivity contribution is 0.0526. The van der Waals surface area contributed by atoms with Gasteiger partial charge in [0.15, 0.2) is 0 Å². The lowest BCUT2D eigenvalue weighted by atomic mass is 10.2. The molecule has 0 aliphatic carbocycles. The minimum Gasteiger partial charge on any atom is -0.444 e. The monoisotopic (exact) mass is 346 g/mol. The van der Waals surface area contributed by atoms with Gasteiger partial charge in [-0.15, -0.1) is 0 Å². The first kappa shape index (κ1) is 16.8. The standard InChI is InChI=1S/C14H20BrFN2O2/c1-9(8-17-13(19)20-14(2,3)4)18-12-10(15)6-5-7-11(12)16/h5-7,9,18H,8H2,1-4H3,(H,17,19). The van der Waals surface area contributed by atoms with E-state index in [-0.39, 0.29) is 11.9 Å². The van der Waals surface area contributed by atoms with Gasteiger partial charge in [-0.1, -0.05) is 6.07 Å². The van der Waals surface area contributed by atoms with Crippen LogP contribution < -0.4 is 10.6 Å². The first-order valence-corrected chi connectivity index (χ1v) is 7.16. The number of ether oxygens (including phenoxy) is 1. The van der Waals surface area contributed by atoms with Gasteiger partial charge in [0.2, 0.25) is 0 Å². The number of carbonyl (C=O) groups is 1. The highest BCUT2D eigenvalue weighted by Crippen LogP contribution is 2.25. The van der Waals surface area contributed by atoms with Crippen LogP contribution in [0.4, 0.5) is 14.9 Å². The number of alkyl carbamates (subject to hydrolysis) is 1. The summed E-state index contributed by atoms with van der Waals surface area (Å²) in [6, 6.07) is 4.60. The molecule has 1 unspecified atom stereocenters. The summed E-state index contributed by atoms with van der Waals surface area (Å²) >= 11 is 3.28. The van der Waals surface area contributed by atoms with Crippen LogP contribution in [0.1, 0.15) is 27.7 Å². The fourth-order valence-corrected chi connectivity index (χ4v) is 1.94. The van der Waals surface area contributed by atoms with Gasteiger partial charge in [0, 0.05) is 17.1 Å². The molecule has 1 aromatic rings. The number of anilines is 1. The molecule has 1 rings (SSSR count). The molecule has 1 amide bonds. The van der Waals surface area contributed by atoms with Gasteiger partial charge in [-0.25, -0.2) is 9.18 Å². The summed E-state index contributed by atoms with van der Waals surface area (Å²) in [5, 5.41) is 5.64. The van der Waals surface area contributed by atoms with Crippen LogP contribution in [0.3, 0.4) is 0 Å². The number of hydrogen-bond acceptors (Lipinski definition) is 3. The highest BCUT2D eigenvalue weighted by Gasteiger charge is 2.17. The summed E-state index contributed by atoms with van der Waals surface area (Å²) in [5.74, 6) is -0.344. The third-order valence-corrected chi connectivity index (χ3v) is 2.97. The Balaban J connectivity index is 2.48. The van der Waals surface area contributed by atoms with Gasteiger partial charge in [0.05, 0.1) is 5.69 Å². The molecule has 112 valence electrons. The molecule has 1 aromatic carbocycles. The van der Waals surface area contributed by atoms with Gasteiger partial charge in [0.25, 0.3) is 0 Å². The molecule has 0 spiro atoms. The maximum atomic E-state index is 13.6. The topological polar surface area (TPSA) is 50.4 Å². The fraction of sp³-hybridized carbons (Fsp3) is 0.500. The van der Waals surface area contributed by atoms with Crippen molar-refractivity contribution in [1.29, 1.82) is 0 Å². The Labute approximate surface area is 127 Å². The molecular weight excluding hydrogens is 327 g/mol. The van der Waals surface area contributed by atoms with E-state index in [9.17, 15) is 9.18 Å². The SMILES string of the molecule is CC(CNC(=O)OC(C)(C)C)Nc1c(F)cccc1Br. The molecule has 2 N–H and O–H groups in total. The van der Waals surface area contributed by atoms with E-state index < -0.39 is 11.7 Å².